The van der Waals surface area contributed by atoms with Gasteiger partial charge in [-0.2, -0.15) is 0 Å². The molecule has 0 unspecified atom stereocenters. The van der Waals surface area contributed by atoms with Gasteiger partial charge in [0.2, 0.25) is 5.91 Å². The van der Waals surface area contributed by atoms with E-state index < -0.39 is 0 Å². The van der Waals surface area contributed by atoms with Gasteiger partial charge in [-0.15, -0.1) is 0 Å². The first-order valence-electron chi connectivity index (χ1n) is 8.88. The first-order valence-corrected chi connectivity index (χ1v) is 8.88. The Hall–Kier alpha value is -3.08. The van der Waals surface area contributed by atoms with Gasteiger partial charge in [0, 0.05) is 48.6 Å². The molecule has 5 heteroatoms. The second kappa shape index (κ2) is 7.27. The highest BCUT2D eigenvalue weighted by Gasteiger charge is 2.38. The Labute approximate surface area is 159 Å². The van der Waals surface area contributed by atoms with E-state index in [-0.39, 0.29) is 23.7 Å². The van der Waals surface area contributed by atoms with Gasteiger partial charge >= 0.3 is 0 Å². The number of anilines is 2. The van der Waals surface area contributed by atoms with Crippen molar-refractivity contribution in [2.24, 2.45) is 0 Å². The van der Waals surface area contributed by atoms with Gasteiger partial charge in [-0.05, 0) is 23.8 Å². The zero-order chi connectivity index (χ0) is 19.6. The number of fused-ring (bicyclic) bond motifs is 1. The Morgan fingerprint density at radius 3 is 2.59 bits per heavy atom. The lowest BCUT2D eigenvalue weighted by Gasteiger charge is -2.24. The van der Waals surface area contributed by atoms with Crippen LogP contribution in [0.15, 0.2) is 60.3 Å². The summed E-state index contributed by atoms with van der Waals surface area (Å²) in [6.45, 7) is 5.62. The number of hydrogen-bond donors (Lipinski definition) is 1. The summed E-state index contributed by atoms with van der Waals surface area (Å²) in [7, 11) is 1.98. The zero-order valence-electron chi connectivity index (χ0n) is 16.1. The van der Waals surface area contributed by atoms with E-state index >= 15 is 0 Å². The van der Waals surface area contributed by atoms with Crippen LogP contribution in [0, 0.1) is 0 Å². The molecule has 140 valence electrons. The van der Waals surface area contributed by atoms with Crippen LogP contribution in [0.25, 0.3) is 0 Å². The van der Waals surface area contributed by atoms with Crippen molar-refractivity contribution < 1.29 is 14.3 Å². The second-order valence-corrected chi connectivity index (χ2v) is 7.19. The van der Waals surface area contributed by atoms with Crippen LogP contribution in [0.1, 0.15) is 26.3 Å². The molecular weight excluding hydrogens is 340 g/mol. The lowest BCUT2D eigenvalue weighted by Crippen LogP contribution is -2.25. The molecule has 0 fully saturated rings. The van der Waals surface area contributed by atoms with Crippen LogP contribution in [0.2, 0.25) is 0 Å². The van der Waals surface area contributed by atoms with Crippen molar-refractivity contribution in [2.75, 3.05) is 23.9 Å². The van der Waals surface area contributed by atoms with Crippen molar-refractivity contribution in [1.29, 1.82) is 0 Å². The molecule has 5 nitrogen and oxygen atoms in total. The number of benzene rings is 2. The summed E-state index contributed by atoms with van der Waals surface area (Å²) in [4.78, 5) is 25.7. The number of para-hydroxylation sites is 1. The summed E-state index contributed by atoms with van der Waals surface area (Å²) >= 11 is 0. The lowest BCUT2D eigenvalue weighted by molar-refractivity contribution is -0.116. The molecule has 0 aliphatic carbocycles. The minimum Gasteiger partial charge on any atom is -0.485 e. The zero-order valence-corrected chi connectivity index (χ0v) is 16.1. The van der Waals surface area contributed by atoms with Crippen molar-refractivity contribution in [3.8, 4) is 5.75 Å². The molecular formula is C22H24N2O3. The maximum absolute atomic E-state index is 12.5. The van der Waals surface area contributed by atoms with Crippen LogP contribution in [-0.4, -0.2) is 25.3 Å². The maximum atomic E-state index is 12.5. The highest BCUT2D eigenvalue weighted by atomic mass is 16.5. The largest absolute Gasteiger partial charge is 0.485 e. The Balaban J connectivity index is 1.72. The normalized spacial score (nSPS) is 16.1. The topological polar surface area (TPSA) is 58.6 Å². The number of ketones is 1. The first kappa shape index (κ1) is 18.7. The molecule has 0 aromatic heterocycles. The van der Waals surface area contributed by atoms with Gasteiger partial charge in [-0.25, -0.2) is 0 Å². The van der Waals surface area contributed by atoms with Crippen LogP contribution < -0.4 is 15.0 Å². The van der Waals surface area contributed by atoms with Crippen molar-refractivity contribution in [3.63, 3.8) is 0 Å². The number of hydrogen-bond acceptors (Lipinski definition) is 4. The minimum atomic E-state index is -0.244. The number of amides is 1. The van der Waals surface area contributed by atoms with Crippen molar-refractivity contribution in [3.05, 3.63) is 65.9 Å². The highest BCUT2D eigenvalue weighted by Crippen LogP contribution is 2.46. The van der Waals surface area contributed by atoms with Crippen LogP contribution in [0.4, 0.5) is 11.4 Å². The third-order valence-corrected chi connectivity index (χ3v) is 4.77. The van der Waals surface area contributed by atoms with Gasteiger partial charge in [0.25, 0.3) is 0 Å². The number of allylic oxidation sites excluding steroid dienone is 1. The molecule has 0 saturated heterocycles. The number of rotatable bonds is 5. The molecule has 0 atom stereocenters. The van der Waals surface area contributed by atoms with E-state index in [4.69, 9.17) is 4.74 Å². The van der Waals surface area contributed by atoms with Crippen LogP contribution in [0.3, 0.4) is 0 Å². The molecule has 2 aromatic rings. The van der Waals surface area contributed by atoms with Gasteiger partial charge in [0.05, 0.1) is 0 Å². The molecule has 1 heterocycles. The van der Waals surface area contributed by atoms with E-state index in [1.54, 1.807) is 30.3 Å². The lowest BCUT2D eigenvalue weighted by atomic mass is 9.83. The fourth-order valence-electron chi connectivity index (χ4n) is 3.47. The van der Waals surface area contributed by atoms with Crippen LogP contribution in [0.5, 0.6) is 5.75 Å². The fourth-order valence-corrected chi connectivity index (χ4v) is 3.47. The van der Waals surface area contributed by atoms with E-state index in [0.717, 1.165) is 11.4 Å². The average molecular weight is 364 g/mol. The quantitative estimate of drug-likeness (QED) is 0.818. The molecule has 3 rings (SSSR count). The van der Waals surface area contributed by atoms with Crippen LogP contribution >= 0.6 is 0 Å². The summed E-state index contributed by atoms with van der Waals surface area (Å²) in [6, 6.07) is 15.2. The van der Waals surface area contributed by atoms with Crippen molar-refractivity contribution >= 4 is 23.1 Å². The minimum absolute atomic E-state index is 0.0622. The Bertz CT molecular complexity index is 915. The number of carbonyl (C=O) groups is 2. The van der Waals surface area contributed by atoms with Gasteiger partial charge < -0.3 is 15.0 Å². The average Bonchev–Trinajstić information content (AvgIpc) is 2.81. The van der Waals surface area contributed by atoms with Crippen molar-refractivity contribution in [2.45, 2.75) is 26.2 Å². The standard InChI is InChI=1S/C22H24N2O3/c1-15(25)23-16-8-7-9-18(12-16)27-14-17(26)13-21-22(2,3)19-10-5-6-11-20(19)24(21)4/h5-13H,14H2,1-4H3,(H,23,25)/b21-13+. The number of nitrogens with one attached hydrogen (secondary N) is 1. The number of nitrogens with zero attached hydrogens (tertiary/aromatic N) is 1. The van der Waals surface area contributed by atoms with Gasteiger partial charge in [-0.1, -0.05) is 38.1 Å². The van der Waals surface area contributed by atoms with E-state index in [2.05, 4.69) is 36.2 Å². The summed E-state index contributed by atoms with van der Waals surface area (Å²) in [5.41, 5.74) is 3.66. The predicted molar refractivity (Wildman–Crippen MR) is 107 cm³/mol. The van der Waals surface area contributed by atoms with Crippen molar-refractivity contribution in [1.82, 2.24) is 0 Å². The summed E-state index contributed by atoms with van der Waals surface area (Å²) in [5.74, 6) is 0.275. The van der Waals surface area contributed by atoms with E-state index in [0.29, 0.717) is 11.4 Å². The van der Waals surface area contributed by atoms with E-state index in [1.165, 1.54) is 12.5 Å². The monoisotopic (exact) mass is 364 g/mol. The molecule has 2 aromatic carbocycles. The summed E-state index contributed by atoms with van der Waals surface area (Å²) in [6.07, 6.45) is 1.66. The molecule has 0 spiro atoms. The highest BCUT2D eigenvalue weighted by molar-refractivity contribution is 5.93. The Morgan fingerprint density at radius 1 is 1.15 bits per heavy atom. The number of carbonyl (C=O) groups excluding carboxylic acids is 2. The number of likely N-dealkylation sites (N-methyl/N-ethyl adjacent to an activating group) is 1. The summed E-state index contributed by atoms with van der Waals surface area (Å²) < 4.78 is 5.62. The van der Waals surface area contributed by atoms with E-state index in [1.807, 2.05) is 19.2 Å². The van der Waals surface area contributed by atoms with E-state index in [9.17, 15) is 9.59 Å². The SMILES string of the molecule is CC(=O)Nc1cccc(OCC(=O)/C=C2/N(C)c3ccccc3C2(C)C)c1. The Kier molecular flexibility index (Phi) is 5.04. The third kappa shape index (κ3) is 3.87. The fraction of sp³-hybridized carbons (Fsp3) is 0.273. The van der Waals surface area contributed by atoms with Gasteiger partial charge in [-0.3, -0.25) is 9.59 Å². The van der Waals surface area contributed by atoms with Gasteiger partial charge in [0.1, 0.15) is 5.75 Å². The molecule has 1 aliphatic rings. The molecule has 1 aliphatic heterocycles. The Morgan fingerprint density at radius 2 is 1.89 bits per heavy atom. The molecule has 0 radical (unpaired) electrons. The first-order chi connectivity index (χ1) is 12.8. The molecule has 1 N–H and O–H groups in total. The number of ether oxygens (including phenoxy) is 1. The summed E-state index contributed by atoms with van der Waals surface area (Å²) in [5, 5.41) is 2.70. The maximum Gasteiger partial charge on any atom is 0.221 e. The second-order valence-electron chi connectivity index (χ2n) is 7.19. The van der Waals surface area contributed by atoms with Crippen LogP contribution in [-0.2, 0) is 15.0 Å². The molecule has 27 heavy (non-hydrogen) atoms. The smallest absolute Gasteiger partial charge is 0.221 e. The molecule has 1 amide bonds. The van der Waals surface area contributed by atoms with Gasteiger partial charge in [0.15, 0.2) is 12.4 Å². The third-order valence-electron chi connectivity index (χ3n) is 4.77. The molecule has 0 bridgehead atoms. The molecule has 0 saturated carbocycles. The predicted octanol–water partition coefficient (Wildman–Crippen LogP) is 3.90.